The quantitative estimate of drug-likeness (QED) is 0.515. The molecule has 0 unspecified atom stereocenters. The van der Waals surface area contributed by atoms with Crippen molar-refractivity contribution in [3.8, 4) is 0 Å². The van der Waals surface area contributed by atoms with Crippen molar-refractivity contribution < 1.29 is 4.79 Å². The zero-order valence-electron chi connectivity index (χ0n) is 16.3. The molecule has 30 heavy (non-hydrogen) atoms. The summed E-state index contributed by atoms with van der Waals surface area (Å²) < 4.78 is 1.96. The first-order valence-corrected chi connectivity index (χ1v) is 10.3. The number of amides is 1. The number of fused-ring (bicyclic) bond motifs is 1. The van der Waals surface area contributed by atoms with Gasteiger partial charge in [-0.05, 0) is 48.4 Å². The molecule has 1 aromatic carbocycles. The van der Waals surface area contributed by atoms with Crippen LogP contribution < -0.4 is 10.2 Å². The van der Waals surface area contributed by atoms with Crippen LogP contribution in [0, 0.1) is 0 Å². The van der Waals surface area contributed by atoms with Gasteiger partial charge in [-0.1, -0.05) is 23.7 Å². The Morgan fingerprint density at radius 2 is 2.00 bits per heavy atom. The van der Waals surface area contributed by atoms with Gasteiger partial charge in [0.2, 0.25) is 0 Å². The van der Waals surface area contributed by atoms with E-state index in [9.17, 15) is 4.79 Å². The maximum atomic E-state index is 13.1. The standard InChI is InChI=1S/C23H20ClN5O/c24-18-4-1-3-16(11-18)15-29-20(12-17-7-8-25-14-21(17)29)23(30)27-19-5-6-22(26-13-19)28-9-2-10-28/h1,3-8,11-14H,2,9-10,15H2,(H,27,30). The number of aromatic nitrogens is 3. The van der Waals surface area contributed by atoms with E-state index < -0.39 is 0 Å². The number of carbonyl (C=O) groups is 1. The van der Waals surface area contributed by atoms with E-state index in [0.29, 0.717) is 22.9 Å². The van der Waals surface area contributed by atoms with E-state index in [2.05, 4.69) is 20.2 Å². The fourth-order valence-electron chi connectivity index (χ4n) is 3.66. The molecule has 150 valence electrons. The zero-order chi connectivity index (χ0) is 20.5. The Morgan fingerprint density at radius 1 is 1.10 bits per heavy atom. The van der Waals surface area contributed by atoms with E-state index in [1.54, 1.807) is 18.6 Å². The molecule has 1 fully saturated rings. The number of pyridine rings is 2. The second kappa shape index (κ2) is 7.80. The van der Waals surface area contributed by atoms with Gasteiger partial charge in [-0.2, -0.15) is 0 Å². The summed E-state index contributed by atoms with van der Waals surface area (Å²) >= 11 is 6.15. The lowest BCUT2D eigenvalue weighted by atomic mass is 10.2. The molecule has 5 rings (SSSR count). The van der Waals surface area contributed by atoms with Gasteiger partial charge in [0.1, 0.15) is 11.5 Å². The number of anilines is 2. The van der Waals surface area contributed by atoms with Crippen LogP contribution in [0.1, 0.15) is 22.5 Å². The number of hydrogen-bond donors (Lipinski definition) is 1. The lowest BCUT2D eigenvalue weighted by Crippen LogP contribution is -2.37. The number of nitrogens with zero attached hydrogens (tertiary/aromatic N) is 4. The first kappa shape index (κ1) is 18.6. The van der Waals surface area contributed by atoms with Gasteiger partial charge in [0.05, 0.1) is 23.6 Å². The Kier molecular flexibility index (Phi) is 4.85. The third-order valence-electron chi connectivity index (χ3n) is 5.35. The Morgan fingerprint density at radius 3 is 2.73 bits per heavy atom. The predicted octanol–water partition coefficient (Wildman–Crippen LogP) is 4.60. The van der Waals surface area contributed by atoms with E-state index in [4.69, 9.17) is 11.6 Å². The zero-order valence-corrected chi connectivity index (χ0v) is 17.0. The molecule has 0 spiro atoms. The molecule has 4 aromatic rings. The summed E-state index contributed by atoms with van der Waals surface area (Å²) in [5, 5.41) is 4.60. The first-order chi connectivity index (χ1) is 14.7. The highest BCUT2D eigenvalue weighted by atomic mass is 35.5. The van der Waals surface area contributed by atoms with Crippen LogP contribution in [0.3, 0.4) is 0 Å². The van der Waals surface area contributed by atoms with Crippen molar-refractivity contribution in [2.24, 2.45) is 0 Å². The third-order valence-corrected chi connectivity index (χ3v) is 5.59. The van der Waals surface area contributed by atoms with Crippen molar-refractivity contribution >= 4 is 39.9 Å². The van der Waals surface area contributed by atoms with Crippen LogP contribution in [-0.4, -0.2) is 33.5 Å². The summed E-state index contributed by atoms with van der Waals surface area (Å²) in [6.07, 6.45) is 6.41. The summed E-state index contributed by atoms with van der Waals surface area (Å²) in [6.45, 7) is 2.59. The van der Waals surface area contributed by atoms with Crippen LogP contribution in [0.4, 0.5) is 11.5 Å². The molecule has 0 radical (unpaired) electrons. The minimum atomic E-state index is -0.188. The number of carbonyl (C=O) groups excluding carboxylic acids is 1. The molecule has 4 heterocycles. The van der Waals surface area contributed by atoms with E-state index >= 15 is 0 Å². The van der Waals surface area contributed by atoms with Crippen molar-refractivity contribution in [2.45, 2.75) is 13.0 Å². The number of benzene rings is 1. The van der Waals surface area contributed by atoms with Crippen LogP contribution in [0.5, 0.6) is 0 Å². The fraction of sp³-hybridized carbons (Fsp3) is 0.174. The topological polar surface area (TPSA) is 63.1 Å². The molecule has 1 aliphatic heterocycles. The molecule has 1 N–H and O–H groups in total. The number of halogens is 1. The minimum Gasteiger partial charge on any atom is -0.356 e. The Bertz CT molecular complexity index is 1210. The Labute approximate surface area is 179 Å². The normalized spacial score (nSPS) is 13.3. The lowest BCUT2D eigenvalue weighted by Gasteiger charge is -2.31. The van der Waals surface area contributed by atoms with Gasteiger partial charge in [0.15, 0.2) is 0 Å². The smallest absolute Gasteiger partial charge is 0.272 e. The van der Waals surface area contributed by atoms with Crippen molar-refractivity contribution in [3.63, 3.8) is 0 Å². The highest BCUT2D eigenvalue weighted by Crippen LogP contribution is 2.24. The number of nitrogens with one attached hydrogen (secondary N) is 1. The monoisotopic (exact) mass is 417 g/mol. The van der Waals surface area contributed by atoms with Crippen LogP contribution in [0.25, 0.3) is 10.9 Å². The molecule has 0 atom stereocenters. The molecule has 0 bridgehead atoms. The highest BCUT2D eigenvalue weighted by Gasteiger charge is 2.18. The number of hydrogen-bond acceptors (Lipinski definition) is 4. The van der Waals surface area contributed by atoms with E-state index in [1.807, 2.05) is 53.1 Å². The van der Waals surface area contributed by atoms with Crippen molar-refractivity contribution in [2.75, 3.05) is 23.3 Å². The average molecular weight is 418 g/mol. The van der Waals surface area contributed by atoms with Crippen LogP contribution in [-0.2, 0) is 6.54 Å². The van der Waals surface area contributed by atoms with E-state index in [1.165, 1.54) is 6.42 Å². The average Bonchev–Trinajstić information content (AvgIpc) is 3.07. The van der Waals surface area contributed by atoms with Gasteiger partial charge in [-0.25, -0.2) is 4.98 Å². The molecule has 1 amide bonds. The molecule has 1 aliphatic rings. The SMILES string of the molecule is O=C(Nc1ccc(N2CCC2)nc1)c1cc2ccncc2n1Cc1cccc(Cl)c1. The maximum absolute atomic E-state index is 13.1. The van der Waals surface area contributed by atoms with E-state index in [-0.39, 0.29) is 5.91 Å². The van der Waals surface area contributed by atoms with Crippen LogP contribution >= 0.6 is 11.6 Å². The summed E-state index contributed by atoms with van der Waals surface area (Å²) in [5.41, 5.74) is 3.14. The van der Waals surface area contributed by atoms with Crippen LogP contribution in [0.2, 0.25) is 5.02 Å². The maximum Gasteiger partial charge on any atom is 0.272 e. The third kappa shape index (κ3) is 3.62. The van der Waals surface area contributed by atoms with Crippen molar-refractivity contribution in [3.05, 3.63) is 83.4 Å². The molecular weight excluding hydrogens is 398 g/mol. The minimum absolute atomic E-state index is 0.188. The Balaban J connectivity index is 1.44. The molecule has 0 saturated carbocycles. The Hall–Kier alpha value is -3.38. The largest absolute Gasteiger partial charge is 0.356 e. The van der Waals surface area contributed by atoms with Gasteiger partial charge >= 0.3 is 0 Å². The predicted molar refractivity (Wildman–Crippen MR) is 119 cm³/mol. The summed E-state index contributed by atoms with van der Waals surface area (Å²) in [6, 6.07) is 15.3. The molecule has 6 nitrogen and oxygen atoms in total. The molecule has 3 aromatic heterocycles. The van der Waals surface area contributed by atoms with Crippen molar-refractivity contribution in [1.82, 2.24) is 14.5 Å². The van der Waals surface area contributed by atoms with E-state index in [0.717, 1.165) is 35.4 Å². The highest BCUT2D eigenvalue weighted by molar-refractivity contribution is 6.30. The second-order valence-corrected chi connectivity index (χ2v) is 7.82. The molecule has 0 aliphatic carbocycles. The molecule has 7 heteroatoms. The van der Waals surface area contributed by atoms with Crippen molar-refractivity contribution in [1.29, 1.82) is 0 Å². The van der Waals surface area contributed by atoms with Gasteiger partial charge in [0.25, 0.3) is 5.91 Å². The summed E-state index contributed by atoms with van der Waals surface area (Å²) in [7, 11) is 0. The van der Waals surface area contributed by atoms with Gasteiger partial charge in [-0.3, -0.25) is 9.78 Å². The number of rotatable bonds is 5. The van der Waals surface area contributed by atoms with Gasteiger partial charge in [-0.15, -0.1) is 0 Å². The van der Waals surface area contributed by atoms with Gasteiger partial charge < -0.3 is 14.8 Å². The fourth-order valence-corrected chi connectivity index (χ4v) is 3.88. The van der Waals surface area contributed by atoms with Gasteiger partial charge in [0, 0.05) is 36.2 Å². The summed E-state index contributed by atoms with van der Waals surface area (Å²) in [5.74, 6) is 0.757. The molecular formula is C23H20ClN5O. The molecule has 1 saturated heterocycles. The second-order valence-electron chi connectivity index (χ2n) is 7.38. The first-order valence-electron chi connectivity index (χ1n) is 9.87. The summed E-state index contributed by atoms with van der Waals surface area (Å²) in [4.78, 5) is 24.0. The van der Waals surface area contributed by atoms with Crippen LogP contribution in [0.15, 0.2) is 67.1 Å². The lowest BCUT2D eigenvalue weighted by molar-refractivity contribution is 0.101.